The molecule has 1 heterocycles. The van der Waals surface area contributed by atoms with Gasteiger partial charge in [0, 0.05) is 27.8 Å². The zero-order chi connectivity index (χ0) is 42.0. The standard InChI is InChI=1S/C42H32N3O12P3/c1-51-36-22-24-42(25-23-36)57-60(56-41-20-10-35(30-50)11-21-41)44-58(52-37-12-2-31(26-46)3-13-37,53-38-14-4-32(27-47)5-15-38)43-59(45-60,54-39-16-6-33(28-48)7-17-39)55-40-18-8-34(29-49)9-19-40/h2-30H,1H3. The Morgan fingerprint density at radius 3 is 0.633 bits per heavy atom. The quantitative estimate of drug-likeness (QED) is 0.0588. The van der Waals surface area contributed by atoms with Crippen LogP contribution in [0.1, 0.15) is 51.8 Å². The van der Waals surface area contributed by atoms with E-state index in [1.165, 1.54) is 128 Å². The minimum atomic E-state index is -4.35. The van der Waals surface area contributed by atoms with Crippen LogP contribution in [0.5, 0.6) is 40.2 Å². The minimum absolute atomic E-state index is 0.148. The van der Waals surface area contributed by atoms with E-state index in [2.05, 4.69) is 0 Å². The molecular weight excluding hydrogens is 831 g/mol. The normalized spacial score (nSPS) is 15.8. The lowest BCUT2D eigenvalue weighted by molar-refractivity contribution is 0.111. The van der Waals surface area contributed by atoms with E-state index >= 15 is 0 Å². The summed E-state index contributed by atoms with van der Waals surface area (Å²) in [4.78, 5) is 58.2. The minimum Gasteiger partial charge on any atom is -0.497 e. The summed E-state index contributed by atoms with van der Waals surface area (Å²) < 4.78 is 60.8. The second-order valence-electron chi connectivity index (χ2n) is 12.4. The molecule has 6 aromatic rings. The van der Waals surface area contributed by atoms with Gasteiger partial charge >= 0.3 is 23.0 Å². The highest BCUT2D eigenvalue weighted by atomic mass is 31.3. The summed E-state index contributed by atoms with van der Waals surface area (Å²) in [6.07, 6.45) is 3.34. The van der Waals surface area contributed by atoms with E-state index in [4.69, 9.17) is 45.4 Å². The van der Waals surface area contributed by atoms with Gasteiger partial charge in [-0.3, -0.25) is 24.0 Å². The average molecular weight is 864 g/mol. The van der Waals surface area contributed by atoms with Crippen LogP contribution in [0, 0.1) is 0 Å². The molecule has 0 fully saturated rings. The number of benzene rings is 6. The molecule has 0 amide bonds. The molecule has 1 atom stereocenters. The van der Waals surface area contributed by atoms with E-state index in [0.29, 0.717) is 65.0 Å². The smallest absolute Gasteiger partial charge is 0.460 e. The molecular formula is C42H32N3O12P3. The Kier molecular flexibility index (Phi) is 12.5. The van der Waals surface area contributed by atoms with Crippen LogP contribution in [0.15, 0.2) is 159 Å². The number of rotatable bonds is 18. The topological polar surface area (TPSA) is 187 Å². The van der Waals surface area contributed by atoms with Crippen LogP contribution in [0.3, 0.4) is 0 Å². The van der Waals surface area contributed by atoms with E-state index in [-0.39, 0.29) is 34.5 Å². The van der Waals surface area contributed by atoms with Crippen LogP contribution in [0.2, 0.25) is 0 Å². The van der Waals surface area contributed by atoms with Gasteiger partial charge in [-0.05, 0) is 146 Å². The number of nitrogens with zero attached hydrogens (tertiary/aromatic N) is 3. The molecule has 1 aliphatic rings. The number of ether oxygens (including phenoxy) is 1. The predicted octanol–water partition coefficient (Wildman–Crippen LogP) is 11.4. The first-order valence-corrected chi connectivity index (χ1v) is 22.3. The summed E-state index contributed by atoms with van der Waals surface area (Å²) in [7, 11) is -11.5. The van der Waals surface area contributed by atoms with Crippen LogP contribution < -0.4 is 31.9 Å². The highest BCUT2D eigenvalue weighted by Gasteiger charge is 2.49. The van der Waals surface area contributed by atoms with Crippen LogP contribution in [-0.4, -0.2) is 38.5 Å². The van der Waals surface area contributed by atoms with Gasteiger partial charge < -0.3 is 31.9 Å². The molecule has 1 aliphatic heterocycles. The Morgan fingerprint density at radius 2 is 0.467 bits per heavy atom. The number of carbonyl (C=O) groups excluding carboxylic acids is 5. The third-order valence-electron chi connectivity index (χ3n) is 8.16. The van der Waals surface area contributed by atoms with E-state index in [9.17, 15) is 24.0 Å². The maximum atomic E-state index is 11.6. The van der Waals surface area contributed by atoms with Crippen LogP contribution in [-0.2, 0) is 0 Å². The van der Waals surface area contributed by atoms with Gasteiger partial charge in [0.15, 0.2) is 0 Å². The van der Waals surface area contributed by atoms with Crippen molar-refractivity contribution >= 4 is 54.4 Å². The van der Waals surface area contributed by atoms with Gasteiger partial charge in [0.05, 0.1) is 7.11 Å². The van der Waals surface area contributed by atoms with E-state index in [1.54, 1.807) is 24.3 Å². The Bertz CT molecular complexity index is 2470. The van der Waals surface area contributed by atoms with Crippen LogP contribution in [0.25, 0.3) is 0 Å². The first-order valence-electron chi connectivity index (χ1n) is 17.7. The van der Waals surface area contributed by atoms with Gasteiger partial charge in [0.25, 0.3) is 0 Å². The van der Waals surface area contributed by atoms with Crippen LogP contribution >= 0.6 is 23.0 Å². The third-order valence-corrected chi connectivity index (χ3v) is 16.3. The molecule has 0 bridgehead atoms. The van der Waals surface area contributed by atoms with Gasteiger partial charge in [-0.1, -0.05) is 13.5 Å². The van der Waals surface area contributed by atoms with Crippen molar-refractivity contribution in [1.82, 2.24) is 0 Å². The first kappa shape index (κ1) is 41.1. The number of methoxy groups -OCH3 is 1. The van der Waals surface area contributed by atoms with Gasteiger partial charge in [0.2, 0.25) is 0 Å². The van der Waals surface area contributed by atoms with E-state index < -0.39 is 23.0 Å². The zero-order valence-corrected chi connectivity index (χ0v) is 34.0. The number of carbonyl (C=O) groups is 5. The number of hydrogen-bond donors (Lipinski definition) is 0. The SMILES string of the molecule is COc1ccc(OP2(Oc3ccc(C=O)cc3)=NP(Oc3ccc(C=O)cc3)(Oc3ccc(C=O)cc3)=NP(Oc3ccc(C=O)cc3)(Oc3ccc(C=O)cc3)=N2)cc1. The molecule has 60 heavy (non-hydrogen) atoms. The monoisotopic (exact) mass is 863 g/mol. The maximum absolute atomic E-state index is 11.6. The van der Waals surface area contributed by atoms with Crippen molar-refractivity contribution in [3.05, 3.63) is 173 Å². The second-order valence-corrected chi connectivity index (χ2v) is 18.6. The zero-order valence-electron chi connectivity index (χ0n) is 31.3. The van der Waals surface area contributed by atoms with Crippen molar-refractivity contribution in [3.8, 4) is 40.2 Å². The summed E-state index contributed by atoms with van der Waals surface area (Å²) >= 11 is 0. The molecule has 15 nitrogen and oxygen atoms in total. The lowest BCUT2D eigenvalue weighted by Gasteiger charge is -2.33. The molecule has 0 radical (unpaired) electrons. The molecule has 302 valence electrons. The fourth-order valence-corrected chi connectivity index (χ4v) is 14.3. The summed E-state index contributed by atoms with van der Waals surface area (Å²) in [6, 6.07) is 36.9. The number of hydrogen-bond acceptors (Lipinski definition) is 15. The highest BCUT2D eigenvalue weighted by molar-refractivity contribution is 7.79. The molecule has 0 aliphatic carbocycles. The Labute approximate surface area is 343 Å². The van der Waals surface area contributed by atoms with Gasteiger partial charge in [-0.2, -0.15) is 0 Å². The molecule has 0 saturated carbocycles. The molecule has 7 rings (SSSR count). The van der Waals surface area contributed by atoms with Crippen molar-refractivity contribution in [2.24, 2.45) is 13.5 Å². The van der Waals surface area contributed by atoms with Crippen molar-refractivity contribution < 1.29 is 55.9 Å². The number of aldehydes is 5. The lowest BCUT2D eigenvalue weighted by Crippen LogP contribution is -2.11. The Balaban J connectivity index is 1.57. The molecule has 0 saturated heterocycles. The third kappa shape index (κ3) is 9.97. The average Bonchev–Trinajstić information content (AvgIpc) is 3.27. The van der Waals surface area contributed by atoms with Crippen LogP contribution in [0.4, 0.5) is 0 Å². The molecule has 1 unspecified atom stereocenters. The summed E-state index contributed by atoms with van der Waals surface area (Å²) in [5, 5.41) is 0. The van der Waals surface area contributed by atoms with Gasteiger partial charge in [0.1, 0.15) is 71.7 Å². The molecule has 0 N–H and O–H groups in total. The molecule has 6 aromatic carbocycles. The first-order chi connectivity index (χ1) is 29.2. The largest absolute Gasteiger partial charge is 0.497 e. The predicted molar refractivity (Wildman–Crippen MR) is 224 cm³/mol. The van der Waals surface area contributed by atoms with Crippen molar-refractivity contribution in [1.29, 1.82) is 0 Å². The summed E-state index contributed by atoms with van der Waals surface area (Å²) in [5.41, 5.74) is 1.77. The summed E-state index contributed by atoms with van der Waals surface area (Å²) in [6.45, 7) is 0. The van der Waals surface area contributed by atoms with Gasteiger partial charge in [-0.25, -0.2) is 0 Å². The van der Waals surface area contributed by atoms with Crippen molar-refractivity contribution in [3.63, 3.8) is 0 Å². The molecule has 0 spiro atoms. The van der Waals surface area contributed by atoms with Crippen molar-refractivity contribution in [2.45, 2.75) is 0 Å². The van der Waals surface area contributed by atoms with Gasteiger partial charge in [-0.15, -0.1) is 0 Å². The summed E-state index contributed by atoms with van der Waals surface area (Å²) in [5.74, 6) is 1.47. The van der Waals surface area contributed by atoms with E-state index in [1.807, 2.05) is 0 Å². The fraction of sp³-hybridized carbons (Fsp3) is 0.0238. The Hall–Kier alpha value is -7.04. The molecule has 18 heteroatoms. The fourth-order valence-electron chi connectivity index (χ4n) is 5.25. The Morgan fingerprint density at radius 1 is 0.300 bits per heavy atom. The molecule has 0 aromatic heterocycles. The second kappa shape index (κ2) is 18.3. The maximum Gasteiger partial charge on any atom is 0.460 e. The highest BCUT2D eigenvalue weighted by Crippen LogP contribution is 2.78. The lowest BCUT2D eigenvalue weighted by atomic mass is 10.2. The van der Waals surface area contributed by atoms with E-state index in [0.717, 1.165) is 0 Å². The van der Waals surface area contributed by atoms with Crippen molar-refractivity contribution in [2.75, 3.05) is 7.11 Å².